The molecule has 1 saturated heterocycles. The number of rotatable bonds is 5. The summed E-state index contributed by atoms with van der Waals surface area (Å²) in [5.74, 6) is -0.379. The maximum absolute atomic E-state index is 13.1. The molecule has 2 aromatic heterocycles. The van der Waals surface area contributed by atoms with Gasteiger partial charge in [0.1, 0.15) is 11.6 Å². The third kappa shape index (κ3) is 4.30. The SMILES string of the molecule is O=C(O)c1cncc(-c2cnc(Nc3ccc(F)cc3)nc2N2CCOCC2)c1. The highest BCUT2D eigenvalue weighted by Crippen LogP contribution is 2.31. The van der Waals surface area contributed by atoms with E-state index in [9.17, 15) is 14.3 Å². The van der Waals surface area contributed by atoms with Gasteiger partial charge in [-0.05, 0) is 30.3 Å². The van der Waals surface area contributed by atoms with Crippen molar-refractivity contribution in [2.75, 3.05) is 36.5 Å². The third-order valence-electron chi connectivity index (χ3n) is 4.48. The van der Waals surface area contributed by atoms with E-state index in [2.05, 4.69) is 25.2 Å². The number of carboxylic acid groups (broad SMARTS) is 1. The van der Waals surface area contributed by atoms with Gasteiger partial charge in [-0.2, -0.15) is 4.98 Å². The molecule has 0 atom stereocenters. The van der Waals surface area contributed by atoms with Crippen molar-refractivity contribution in [3.8, 4) is 11.1 Å². The van der Waals surface area contributed by atoms with Crippen LogP contribution in [0.1, 0.15) is 10.4 Å². The zero-order valence-electron chi connectivity index (χ0n) is 15.4. The average molecular weight is 395 g/mol. The Morgan fingerprint density at radius 1 is 1.14 bits per heavy atom. The lowest BCUT2D eigenvalue weighted by atomic mass is 10.1. The van der Waals surface area contributed by atoms with Crippen LogP contribution in [0.15, 0.2) is 48.9 Å². The van der Waals surface area contributed by atoms with Crippen LogP contribution in [-0.2, 0) is 4.74 Å². The van der Waals surface area contributed by atoms with Crippen molar-refractivity contribution in [2.24, 2.45) is 0 Å². The number of anilines is 3. The van der Waals surface area contributed by atoms with Gasteiger partial charge in [-0.3, -0.25) is 4.98 Å². The van der Waals surface area contributed by atoms with Crippen molar-refractivity contribution in [2.45, 2.75) is 0 Å². The van der Waals surface area contributed by atoms with Crippen molar-refractivity contribution in [1.82, 2.24) is 15.0 Å². The number of hydrogen-bond donors (Lipinski definition) is 2. The number of ether oxygens (including phenoxy) is 1. The molecular formula is C20H18FN5O3. The number of carbonyl (C=O) groups is 1. The van der Waals surface area contributed by atoms with Crippen LogP contribution in [0, 0.1) is 5.82 Å². The van der Waals surface area contributed by atoms with E-state index in [0.717, 1.165) is 0 Å². The van der Waals surface area contributed by atoms with E-state index in [-0.39, 0.29) is 11.4 Å². The molecule has 29 heavy (non-hydrogen) atoms. The molecule has 8 nitrogen and oxygen atoms in total. The van der Waals surface area contributed by atoms with Crippen LogP contribution in [0.5, 0.6) is 0 Å². The third-order valence-corrected chi connectivity index (χ3v) is 4.48. The topological polar surface area (TPSA) is 100 Å². The molecule has 3 aromatic rings. The molecule has 0 bridgehead atoms. The monoisotopic (exact) mass is 395 g/mol. The molecule has 0 saturated carbocycles. The predicted molar refractivity (Wildman–Crippen MR) is 105 cm³/mol. The van der Waals surface area contributed by atoms with E-state index in [1.807, 2.05) is 0 Å². The molecule has 1 aliphatic rings. The molecule has 0 amide bonds. The first kappa shape index (κ1) is 18.8. The normalized spacial score (nSPS) is 13.9. The Hall–Kier alpha value is -3.59. The van der Waals surface area contributed by atoms with Crippen molar-refractivity contribution in [3.05, 3.63) is 60.3 Å². The van der Waals surface area contributed by atoms with E-state index < -0.39 is 5.97 Å². The summed E-state index contributed by atoms with van der Waals surface area (Å²) in [7, 11) is 0. The number of morpholine rings is 1. The highest BCUT2D eigenvalue weighted by atomic mass is 19.1. The molecular weight excluding hydrogens is 377 g/mol. The summed E-state index contributed by atoms with van der Waals surface area (Å²) in [6, 6.07) is 7.44. The summed E-state index contributed by atoms with van der Waals surface area (Å²) in [4.78, 5) is 26.4. The molecule has 148 valence electrons. The van der Waals surface area contributed by atoms with Crippen molar-refractivity contribution in [1.29, 1.82) is 0 Å². The number of hydrogen-bond acceptors (Lipinski definition) is 7. The number of nitrogens with zero attached hydrogens (tertiary/aromatic N) is 4. The zero-order valence-corrected chi connectivity index (χ0v) is 15.4. The molecule has 9 heteroatoms. The Morgan fingerprint density at radius 3 is 2.62 bits per heavy atom. The smallest absolute Gasteiger partial charge is 0.337 e. The van der Waals surface area contributed by atoms with E-state index in [4.69, 9.17) is 4.74 Å². The highest BCUT2D eigenvalue weighted by Gasteiger charge is 2.20. The first-order valence-electron chi connectivity index (χ1n) is 9.01. The minimum absolute atomic E-state index is 0.0870. The van der Waals surface area contributed by atoms with E-state index in [1.54, 1.807) is 30.6 Å². The molecule has 1 aromatic carbocycles. The van der Waals surface area contributed by atoms with E-state index >= 15 is 0 Å². The number of pyridine rings is 1. The van der Waals surface area contributed by atoms with Crippen molar-refractivity contribution >= 4 is 23.4 Å². The standard InChI is InChI=1S/C20H18FN5O3/c21-15-1-3-16(4-2-15)24-20-23-12-17(13-9-14(19(27)28)11-22-10-13)18(25-20)26-5-7-29-8-6-26/h1-4,9-12H,5-8H2,(H,27,28)(H,23,24,25). The first-order chi connectivity index (χ1) is 14.1. The number of aromatic carboxylic acids is 1. The number of aromatic nitrogens is 3. The van der Waals surface area contributed by atoms with Gasteiger partial charge in [0.2, 0.25) is 5.95 Å². The summed E-state index contributed by atoms with van der Waals surface area (Å²) < 4.78 is 18.6. The largest absolute Gasteiger partial charge is 0.478 e. The fourth-order valence-electron chi connectivity index (χ4n) is 3.02. The Balaban J connectivity index is 1.73. The first-order valence-corrected chi connectivity index (χ1v) is 9.01. The van der Waals surface area contributed by atoms with Gasteiger partial charge in [0, 0.05) is 48.5 Å². The van der Waals surface area contributed by atoms with Crippen LogP contribution in [0.4, 0.5) is 21.8 Å². The molecule has 1 fully saturated rings. The lowest BCUT2D eigenvalue weighted by molar-refractivity contribution is 0.0696. The summed E-state index contributed by atoms with van der Waals surface area (Å²) in [6.45, 7) is 2.42. The lowest BCUT2D eigenvalue weighted by Crippen LogP contribution is -2.37. The Morgan fingerprint density at radius 2 is 1.90 bits per heavy atom. The van der Waals surface area contributed by atoms with Gasteiger partial charge in [0.05, 0.1) is 18.8 Å². The molecule has 1 aliphatic heterocycles. The second-order valence-electron chi connectivity index (χ2n) is 6.43. The van der Waals surface area contributed by atoms with Crippen LogP contribution in [0.2, 0.25) is 0 Å². The fourth-order valence-corrected chi connectivity index (χ4v) is 3.02. The minimum Gasteiger partial charge on any atom is -0.478 e. The second-order valence-corrected chi connectivity index (χ2v) is 6.43. The number of halogens is 1. The van der Waals surface area contributed by atoms with Crippen LogP contribution in [-0.4, -0.2) is 52.3 Å². The molecule has 2 N–H and O–H groups in total. The summed E-state index contributed by atoms with van der Waals surface area (Å²) in [6.07, 6.45) is 4.51. The molecule has 3 heterocycles. The van der Waals surface area contributed by atoms with Gasteiger partial charge in [0.15, 0.2) is 0 Å². The van der Waals surface area contributed by atoms with Crippen LogP contribution in [0.3, 0.4) is 0 Å². The van der Waals surface area contributed by atoms with Gasteiger partial charge >= 0.3 is 5.97 Å². The van der Waals surface area contributed by atoms with Crippen molar-refractivity contribution in [3.63, 3.8) is 0 Å². The fraction of sp³-hybridized carbons (Fsp3) is 0.200. The van der Waals surface area contributed by atoms with Gasteiger partial charge in [0.25, 0.3) is 0 Å². The minimum atomic E-state index is -1.05. The van der Waals surface area contributed by atoms with E-state index in [1.165, 1.54) is 18.3 Å². The van der Waals surface area contributed by atoms with Crippen LogP contribution < -0.4 is 10.2 Å². The molecule has 0 unspecified atom stereocenters. The van der Waals surface area contributed by atoms with Gasteiger partial charge in [-0.25, -0.2) is 14.2 Å². The maximum Gasteiger partial charge on any atom is 0.337 e. The maximum atomic E-state index is 13.1. The zero-order chi connectivity index (χ0) is 20.2. The average Bonchev–Trinajstić information content (AvgIpc) is 2.76. The predicted octanol–water partition coefficient (Wildman–Crippen LogP) is 2.96. The number of benzene rings is 1. The Bertz CT molecular complexity index is 1020. The summed E-state index contributed by atoms with van der Waals surface area (Å²) >= 11 is 0. The van der Waals surface area contributed by atoms with Gasteiger partial charge in [-0.15, -0.1) is 0 Å². The second kappa shape index (κ2) is 8.19. The van der Waals surface area contributed by atoms with Crippen LogP contribution in [0.25, 0.3) is 11.1 Å². The highest BCUT2D eigenvalue weighted by molar-refractivity contribution is 5.89. The van der Waals surface area contributed by atoms with Gasteiger partial charge < -0.3 is 20.1 Å². The molecule has 0 spiro atoms. The molecule has 0 radical (unpaired) electrons. The molecule has 0 aliphatic carbocycles. The quantitative estimate of drug-likeness (QED) is 0.680. The van der Waals surface area contributed by atoms with E-state index in [0.29, 0.717) is 54.9 Å². The number of nitrogens with one attached hydrogen (secondary N) is 1. The lowest BCUT2D eigenvalue weighted by Gasteiger charge is -2.29. The van der Waals surface area contributed by atoms with Crippen LogP contribution >= 0.6 is 0 Å². The number of carboxylic acids is 1. The summed E-state index contributed by atoms with van der Waals surface area (Å²) in [5.41, 5.74) is 2.03. The Labute approximate surface area is 166 Å². The Kier molecular flexibility index (Phi) is 5.30. The summed E-state index contributed by atoms with van der Waals surface area (Å²) in [5, 5.41) is 12.3. The van der Waals surface area contributed by atoms with Crippen molar-refractivity contribution < 1.29 is 19.0 Å². The molecule has 4 rings (SSSR count). The van der Waals surface area contributed by atoms with Gasteiger partial charge in [-0.1, -0.05) is 0 Å².